The molecule has 9 nitrogen and oxygen atoms in total. The largest absolute Gasteiger partial charge is 0.525 e. The van der Waals surface area contributed by atoms with Gasteiger partial charge in [0, 0.05) is 13.1 Å². The van der Waals surface area contributed by atoms with E-state index in [9.17, 15) is 4.79 Å². The summed E-state index contributed by atoms with van der Waals surface area (Å²) in [7, 11) is 0. The number of nitrogens with zero attached hydrogens (tertiary/aromatic N) is 5. The van der Waals surface area contributed by atoms with Crippen LogP contribution in [-0.2, 0) is 4.84 Å². The molecule has 1 saturated heterocycles. The maximum Gasteiger partial charge on any atom is 0.525 e. The number of carboxylic acid groups (broad SMARTS) is 1. The van der Waals surface area contributed by atoms with E-state index in [2.05, 4.69) is 30.1 Å². The Morgan fingerprint density at radius 1 is 1.26 bits per heavy atom. The van der Waals surface area contributed by atoms with Crippen molar-refractivity contribution in [3.8, 4) is 0 Å². The van der Waals surface area contributed by atoms with Gasteiger partial charge in [-0.2, -0.15) is 10.3 Å². The summed E-state index contributed by atoms with van der Waals surface area (Å²) in [5.41, 5.74) is 1.29. The molecule has 1 fully saturated rings. The van der Waals surface area contributed by atoms with Crippen LogP contribution in [0.1, 0.15) is 0 Å². The van der Waals surface area contributed by atoms with E-state index in [0.717, 1.165) is 11.3 Å². The van der Waals surface area contributed by atoms with E-state index >= 15 is 0 Å². The van der Waals surface area contributed by atoms with Crippen molar-refractivity contribution < 1.29 is 14.7 Å². The summed E-state index contributed by atoms with van der Waals surface area (Å²) in [6.07, 6.45) is -1.28. The Balaban J connectivity index is 1.69. The highest BCUT2D eigenvalue weighted by atomic mass is 16.8. The molecule has 0 radical (unpaired) electrons. The molecule has 3 heterocycles. The fraction of sp³-hybridized carbons (Fsp3) is 0.400. The molecule has 0 unspecified atom stereocenters. The first-order chi connectivity index (χ1) is 9.22. The van der Waals surface area contributed by atoms with Gasteiger partial charge < -0.3 is 14.8 Å². The van der Waals surface area contributed by atoms with Gasteiger partial charge in [0.05, 0.1) is 13.1 Å². The Labute approximate surface area is 107 Å². The van der Waals surface area contributed by atoms with E-state index in [0.29, 0.717) is 31.8 Å². The predicted octanol–water partition coefficient (Wildman–Crippen LogP) is 0.0845. The number of piperazine rings is 1. The maximum absolute atomic E-state index is 10.4. The van der Waals surface area contributed by atoms with Crippen molar-refractivity contribution in [3.63, 3.8) is 0 Å². The summed E-state index contributed by atoms with van der Waals surface area (Å²) in [6.45, 7) is 2.29. The zero-order chi connectivity index (χ0) is 13.2. The standard InChI is InChI=1S/C10H12N6O3/c17-10(18)19-16-5-3-15(4-6-16)8-2-1-7-9(11-8)13-14-12-7/h1-2H,3-6H2,(H,17,18)(H,11,12,13,14). The molecule has 19 heavy (non-hydrogen) atoms. The van der Waals surface area contributed by atoms with Crippen molar-refractivity contribution in [2.75, 3.05) is 31.1 Å². The topological polar surface area (TPSA) is 107 Å². The first-order valence-electron chi connectivity index (χ1n) is 5.81. The number of aromatic nitrogens is 4. The summed E-state index contributed by atoms with van der Waals surface area (Å²) in [5, 5.41) is 20.4. The minimum atomic E-state index is -1.28. The zero-order valence-corrected chi connectivity index (χ0v) is 9.98. The van der Waals surface area contributed by atoms with Gasteiger partial charge in [-0.3, -0.25) is 0 Å². The van der Waals surface area contributed by atoms with Crippen LogP contribution in [0.2, 0.25) is 0 Å². The third kappa shape index (κ3) is 2.40. The molecular formula is C10H12N6O3. The van der Waals surface area contributed by atoms with Crippen LogP contribution in [-0.4, -0.2) is 62.9 Å². The SMILES string of the molecule is O=C(O)ON1CCN(c2ccc3n[nH]nc3n2)CC1. The smallest absolute Gasteiger partial charge is 0.448 e. The van der Waals surface area contributed by atoms with Crippen molar-refractivity contribution in [2.45, 2.75) is 0 Å². The second-order valence-electron chi connectivity index (χ2n) is 4.11. The number of carbonyl (C=O) groups is 1. The second-order valence-corrected chi connectivity index (χ2v) is 4.11. The van der Waals surface area contributed by atoms with Crippen LogP contribution in [0.3, 0.4) is 0 Å². The highest BCUT2D eigenvalue weighted by molar-refractivity contribution is 5.71. The van der Waals surface area contributed by atoms with Gasteiger partial charge >= 0.3 is 6.16 Å². The van der Waals surface area contributed by atoms with Gasteiger partial charge in [-0.15, -0.1) is 10.2 Å². The fourth-order valence-electron chi connectivity index (χ4n) is 2.02. The molecule has 2 aromatic rings. The number of pyridine rings is 1. The Morgan fingerprint density at radius 3 is 2.79 bits per heavy atom. The highest BCUT2D eigenvalue weighted by Gasteiger charge is 2.21. The van der Waals surface area contributed by atoms with E-state index in [-0.39, 0.29) is 0 Å². The van der Waals surface area contributed by atoms with Crippen LogP contribution < -0.4 is 4.90 Å². The number of rotatable bonds is 2. The number of aromatic amines is 1. The lowest BCUT2D eigenvalue weighted by Crippen LogP contribution is -2.47. The van der Waals surface area contributed by atoms with E-state index in [1.54, 1.807) is 0 Å². The van der Waals surface area contributed by atoms with Gasteiger partial charge in [-0.05, 0) is 12.1 Å². The van der Waals surface area contributed by atoms with Crippen LogP contribution >= 0.6 is 0 Å². The number of fused-ring (bicyclic) bond motifs is 1. The van der Waals surface area contributed by atoms with E-state index in [1.807, 2.05) is 12.1 Å². The number of hydrogen-bond donors (Lipinski definition) is 2. The number of H-pyrrole nitrogens is 1. The van der Waals surface area contributed by atoms with Gasteiger partial charge in [0.25, 0.3) is 0 Å². The van der Waals surface area contributed by atoms with Gasteiger partial charge in [0.15, 0.2) is 0 Å². The number of anilines is 1. The summed E-state index contributed by atoms with van der Waals surface area (Å²) < 4.78 is 0. The molecule has 0 amide bonds. The van der Waals surface area contributed by atoms with E-state index in [1.165, 1.54) is 5.06 Å². The molecule has 1 aliphatic heterocycles. The molecule has 0 saturated carbocycles. The molecule has 0 atom stereocenters. The lowest BCUT2D eigenvalue weighted by atomic mass is 10.3. The van der Waals surface area contributed by atoms with Crippen LogP contribution in [0.5, 0.6) is 0 Å². The minimum absolute atomic E-state index is 0.505. The lowest BCUT2D eigenvalue weighted by Gasteiger charge is -2.33. The molecule has 3 rings (SSSR count). The van der Waals surface area contributed by atoms with Gasteiger partial charge in [0.2, 0.25) is 5.65 Å². The van der Waals surface area contributed by atoms with Crippen LogP contribution in [0, 0.1) is 0 Å². The lowest BCUT2D eigenvalue weighted by molar-refractivity contribution is -0.121. The van der Waals surface area contributed by atoms with Gasteiger partial charge in [-0.1, -0.05) is 0 Å². The fourth-order valence-corrected chi connectivity index (χ4v) is 2.02. The van der Waals surface area contributed by atoms with Gasteiger partial charge in [0.1, 0.15) is 11.3 Å². The molecule has 2 N–H and O–H groups in total. The number of nitrogens with one attached hydrogen (secondary N) is 1. The van der Waals surface area contributed by atoms with Crippen molar-refractivity contribution in [2.24, 2.45) is 0 Å². The molecule has 2 aromatic heterocycles. The van der Waals surface area contributed by atoms with Crippen molar-refractivity contribution in [3.05, 3.63) is 12.1 Å². The summed E-state index contributed by atoms with van der Waals surface area (Å²) in [6, 6.07) is 3.72. The van der Waals surface area contributed by atoms with Crippen molar-refractivity contribution in [1.82, 2.24) is 25.5 Å². The maximum atomic E-state index is 10.4. The highest BCUT2D eigenvalue weighted by Crippen LogP contribution is 2.16. The van der Waals surface area contributed by atoms with E-state index < -0.39 is 6.16 Å². The van der Waals surface area contributed by atoms with Crippen LogP contribution in [0.15, 0.2) is 12.1 Å². The molecule has 0 bridgehead atoms. The molecule has 9 heteroatoms. The molecule has 1 aliphatic rings. The Hall–Kier alpha value is -2.42. The molecule has 0 aromatic carbocycles. The first kappa shape index (κ1) is 11.7. The third-order valence-electron chi connectivity index (χ3n) is 2.94. The minimum Gasteiger partial charge on any atom is -0.448 e. The number of hydroxylamine groups is 2. The summed E-state index contributed by atoms with van der Waals surface area (Å²) in [4.78, 5) is 21.5. The van der Waals surface area contributed by atoms with E-state index in [4.69, 9.17) is 5.11 Å². The molecule has 100 valence electrons. The summed E-state index contributed by atoms with van der Waals surface area (Å²) in [5.74, 6) is 0.802. The summed E-state index contributed by atoms with van der Waals surface area (Å²) >= 11 is 0. The predicted molar refractivity (Wildman–Crippen MR) is 64.6 cm³/mol. The average Bonchev–Trinajstić information content (AvgIpc) is 2.86. The molecular weight excluding hydrogens is 252 g/mol. The normalized spacial score (nSPS) is 16.7. The van der Waals surface area contributed by atoms with Crippen LogP contribution in [0.4, 0.5) is 10.6 Å². The Kier molecular flexibility index (Phi) is 2.88. The van der Waals surface area contributed by atoms with Crippen molar-refractivity contribution >= 4 is 23.1 Å². The second kappa shape index (κ2) is 4.69. The quantitative estimate of drug-likeness (QED) is 0.785. The third-order valence-corrected chi connectivity index (χ3v) is 2.94. The molecule has 0 aliphatic carbocycles. The van der Waals surface area contributed by atoms with Crippen LogP contribution in [0.25, 0.3) is 11.2 Å². The van der Waals surface area contributed by atoms with Gasteiger partial charge in [-0.25, -0.2) is 9.78 Å². The van der Waals surface area contributed by atoms with Crippen molar-refractivity contribution in [1.29, 1.82) is 0 Å². The molecule has 0 spiro atoms. The number of hydrogen-bond acceptors (Lipinski definition) is 7. The average molecular weight is 264 g/mol. The Morgan fingerprint density at radius 2 is 2.05 bits per heavy atom. The zero-order valence-electron chi connectivity index (χ0n) is 9.98. The monoisotopic (exact) mass is 264 g/mol. The first-order valence-corrected chi connectivity index (χ1v) is 5.81. The Bertz CT molecular complexity index is 592.